The summed E-state index contributed by atoms with van der Waals surface area (Å²) >= 11 is 0. The van der Waals surface area contributed by atoms with Gasteiger partial charge >= 0.3 is 6.03 Å². The number of hydrogen-bond donors (Lipinski definition) is 3. The van der Waals surface area contributed by atoms with Crippen LogP contribution in [0.3, 0.4) is 0 Å². The van der Waals surface area contributed by atoms with E-state index in [1.807, 2.05) is 0 Å². The van der Waals surface area contributed by atoms with Crippen LogP contribution in [0.2, 0.25) is 0 Å². The Balaban J connectivity index is 1.79. The molecular formula is C15H18FN3O2. The lowest BCUT2D eigenvalue weighted by Gasteiger charge is -2.21. The SMILES string of the molecule is O=C(N/C=C/c1ccccc1F)NC(=O)C1CCNCC1. The van der Waals surface area contributed by atoms with Crippen LogP contribution in [0.1, 0.15) is 18.4 Å². The Hall–Kier alpha value is -2.21. The number of imide groups is 1. The molecule has 1 heterocycles. The van der Waals surface area contributed by atoms with Crippen molar-refractivity contribution in [2.75, 3.05) is 13.1 Å². The van der Waals surface area contributed by atoms with Crippen molar-refractivity contribution in [2.24, 2.45) is 5.92 Å². The number of hydrogen-bond acceptors (Lipinski definition) is 3. The number of rotatable bonds is 3. The summed E-state index contributed by atoms with van der Waals surface area (Å²) in [7, 11) is 0. The normalized spacial score (nSPS) is 15.9. The first kappa shape index (κ1) is 15.2. The minimum atomic E-state index is -0.605. The van der Waals surface area contributed by atoms with Gasteiger partial charge in [0.25, 0.3) is 0 Å². The van der Waals surface area contributed by atoms with Gasteiger partial charge in [-0.25, -0.2) is 9.18 Å². The van der Waals surface area contributed by atoms with Gasteiger partial charge in [-0.15, -0.1) is 0 Å². The van der Waals surface area contributed by atoms with Crippen molar-refractivity contribution in [1.82, 2.24) is 16.0 Å². The Morgan fingerprint density at radius 3 is 2.67 bits per heavy atom. The van der Waals surface area contributed by atoms with Gasteiger partial charge < -0.3 is 10.6 Å². The molecule has 0 atom stereocenters. The number of carbonyl (C=O) groups is 2. The van der Waals surface area contributed by atoms with Gasteiger partial charge in [-0.2, -0.15) is 0 Å². The van der Waals surface area contributed by atoms with Crippen LogP contribution in [-0.2, 0) is 4.79 Å². The van der Waals surface area contributed by atoms with E-state index in [4.69, 9.17) is 0 Å². The first-order valence-corrected chi connectivity index (χ1v) is 6.90. The smallest absolute Gasteiger partial charge is 0.317 e. The number of nitrogens with one attached hydrogen (secondary N) is 3. The summed E-state index contributed by atoms with van der Waals surface area (Å²) in [4.78, 5) is 23.4. The standard InChI is InChI=1S/C15H18FN3O2/c16-13-4-2-1-3-11(13)7-10-18-15(21)19-14(20)12-5-8-17-9-6-12/h1-4,7,10,12,17H,5-6,8-9H2,(H2,18,19,20,21)/b10-7+. The second-order valence-electron chi connectivity index (χ2n) is 4.84. The minimum absolute atomic E-state index is 0.132. The van der Waals surface area contributed by atoms with Crippen molar-refractivity contribution in [3.63, 3.8) is 0 Å². The van der Waals surface area contributed by atoms with Crippen LogP contribution in [0.4, 0.5) is 9.18 Å². The van der Waals surface area contributed by atoms with Gasteiger partial charge in [0.2, 0.25) is 5.91 Å². The minimum Gasteiger partial charge on any atom is -0.317 e. The van der Waals surface area contributed by atoms with Crippen molar-refractivity contribution in [3.8, 4) is 0 Å². The molecule has 1 aromatic carbocycles. The zero-order valence-electron chi connectivity index (χ0n) is 11.6. The van der Waals surface area contributed by atoms with E-state index in [0.29, 0.717) is 5.56 Å². The maximum atomic E-state index is 13.3. The van der Waals surface area contributed by atoms with Gasteiger partial charge in [0.15, 0.2) is 0 Å². The maximum Gasteiger partial charge on any atom is 0.325 e. The third-order valence-corrected chi connectivity index (χ3v) is 3.33. The zero-order valence-corrected chi connectivity index (χ0v) is 11.6. The van der Waals surface area contributed by atoms with Gasteiger partial charge in [0.05, 0.1) is 0 Å². The van der Waals surface area contributed by atoms with Gasteiger partial charge in [-0.1, -0.05) is 18.2 Å². The molecule has 3 amide bonds. The van der Waals surface area contributed by atoms with E-state index in [0.717, 1.165) is 25.9 Å². The molecule has 0 aromatic heterocycles. The predicted molar refractivity (Wildman–Crippen MR) is 77.7 cm³/mol. The van der Waals surface area contributed by atoms with E-state index < -0.39 is 6.03 Å². The van der Waals surface area contributed by atoms with Crippen LogP contribution >= 0.6 is 0 Å². The molecule has 0 radical (unpaired) electrons. The molecule has 0 bridgehead atoms. The highest BCUT2D eigenvalue weighted by atomic mass is 19.1. The van der Waals surface area contributed by atoms with Gasteiger partial charge in [-0.3, -0.25) is 10.1 Å². The Kier molecular flexibility index (Phi) is 5.45. The van der Waals surface area contributed by atoms with Crippen molar-refractivity contribution in [2.45, 2.75) is 12.8 Å². The van der Waals surface area contributed by atoms with E-state index >= 15 is 0 Å². The lowest BCUT2D eigenvalue weighted by atomic mass is 9.97. The van der Waals surface area contributed by atoms with Crippen LogP contribution in [-0.4, -0.2) is 25.0 Å². The highest BCUT2D eigenvalue weighted by Crippen LogP contribution is 2.11. The summed E-state index contributed by atoms with van der Waals surface area (Å²) in [5, 5.41) is 7.84. The Morgan fingerprint density at radius 1 is 1.24 bits per heavy atom. The fraction of sp³-hybridized carbons (Fsp3) is 0.333. The fourth-order valence-electron chi connectivity index (χ4n) is 2.15. The summed E-state index contributed by atoms with van der Waals surface area (Å²) in [5.74, 6) is -0.775. The first-order valence-electron chi connectivity index (χ1n) is 6.90. The van der Waals surface area contributed by atoms with Crippen molar-refractivity contribution in [1.29, 1.82) is 0 Å². The van der Waals surface area contributed by atoms with Crippen molar-refractivity contribution in [3.05, 3.63) is 41.8 Å². The lowest BCUT2D eigenvalue weighted by molar-refractivity contribution is -0.124. The highest BCUT2D eigenvalue weighted by molar-refractivity contribution is 5.96. The van der Waals surface area contributed by atoms with Crippen LogP contribution in [0.25, 0.3) is 6.08 Å². The maximum absolute atomic E-state index is 13.3. The van der Waals surface area contributed by atoms with Crippen LogP contribution in [0.5, 0.6) is 0 Å². The predicted octanol–water partition coefficient (Wildman–Crippen LogP) is 1.62. The summed E-state index contributed by atoms with van der Waals surface area (Å²) in [6.45, 7) is 1.57. The molecule has 5 nitrogen and oxygen atoms in total. The number of urea groups is 1. The molecular weight excluding hydrogens is 273 g/mol. The molecule has 1 fully saturated rings. The molecule has 0 aliphatic carbocycles. The second kappa shape index (κ2) is 7.54. The average molecular weight is 291 g/mol. The molecule has 0 saturated carbocycles. The van der Waals surface area contributed by atoms with E-state index in [1.54, 1.807) is 18.2 Å². The van der Waals surface area contributed by atoms with E-state index in [-0.39, 0.29) is 17.6 Å². The summed E-state index contributed by atoms with van der Waals surface area (Å²) in [5.41, 5.74) is 0.363. The molecule has 2 rings (SSSR count). The number of amides is 3. The molecule has 1 aromatic rings. The largest absolute Gasteiger partial charge is 0.325 e. The number of piperidine rings is 1. The summed E-state index contributed by atoms with van der Waals surface area (Å²) < 4.78 is 13.3. The molecule has 1 aliphatic rings. The topological polar surface area (TPSA) is 70.2 Å². The molecule has 0 spiro atoms. The highest BCUT2D eigenvalue weighted by Gasteiger charge is 2.21. The monoisotopic (exact) mass is 291 g/mol. The van der Waals surface area contributed by atoms with Gasteiger partial charge in [-0.05, 0) is 38.1 Å². The molecule has 1 saturated heterocycles. The molecule has 0 unspecified atom stereocenters. The number of benzene rings is 1. The van der Waals surface area contributed by atoms with Crippen LogP contribution < -0.4 is 16.0 Å². The molecule has 3 N–H and O–H groups in total. The molecule has 21 heavy (non-hydrogen) atoms. The van der Waals surface area contributed by atoms with Gasteiger partial charge in [0, 0.05) is 17.7 Å². The second-order valence-corrected chi connectivity index (χ2v) is 4.84. The Labute approximate surface area is 122 Å². The quantitative estimate of drug-likeness (QED) is 0.792. The molecule has 6 heteroatoms. The summed E-state index contributed by atoms with van der Waals surface area (Å²) in [6, 6.07) is 5.60. The molecule has 112 valence electrons. The lowest BCUT2D eigenvalue weighted by Crippen LogP contribution is -2.43. The number of carbonyl (C=O) groups excluding carboxylic acids is 2. The first-order chi connectivity index (χ1) is 10.2. The van der Waals surface area contributed by atoms with Crippen LogP contribution in [0, 0.1) is 11.7 Å². The zero-order chi connectivity index (χ0) is 15.1. The molecule has 1 aliphatic heterocycles. The van der Waals surface area contributed by atoms with Gasteiger partial charge in [0.1, 0.15) is 5.82 Å². The van der Waals surface area contributed by atoms with Crippen molar-refractivity contribution >= 4 is 18.0 Å². The van der Waals surface area contributed by atoms with E-state index in [9.17, 15) is 14.0 Å². The third-order valence-electron chi connectivity index (χ3n) is 3.33. The summed E-state index contributed by atoms with van der Waals surface area (Å²) in [6.07, 6.45) is 4.20. The Bertz CT molecular complexity index is 539. The Morgan fingerprint density at radius 2 is 1.95 bits per heavy atom. The average Bonchev–Trinajstić information content (AvgIpc) is 2.50. The van der Waals surface area contributed by atoms with E-state index in [1.165, 1.54) is 18.3 Å². The van der Waals surface area contributed by atoms with Crippen LogP contribution in [0.15, 0.2) is 30.5 Å². The number of halogens is 1. The fourth-order valence-corrected chi connectivity index (χ4v) is 2.15. The van der Waals surface area contributed by atoms with Crippen molar-refractivity contribution < 1.29 is 14.0 Å². The third kappa shape index (κ3) is 4.68. The van der Waals surface area contributed by atoms with E-state index in [2.05, 4.69) is 16.0 Å².